The van der Waals surface area contributed by atoms with Crippen molar-refractivity contribution in [1.29, 1.82) is 0 Å². The molecular formula is C20H26ClN3O4S. The number of hydrogen-bond acceptors (Lipinski definition) is 6. The standard InChI is InChI=1S/C20H26ClN3O4S/c1-13-18(29-10-9-28-13)20(26)23-16-12-17(27-2)14(11-15(16)21)19(25)22-5-8-24-6-3-4-7-24/h11-12H,3-10H2,1-2H3,(H,22,25)(H,23,26). The zero-order valence-corrected chi connectivity index (χ0v) is 18.3. The zero-order valence-electron chi connectivity index (χ0n) is 16.7. The number of amides is 2. The van der Waals surface area contributed by atoms with Crippen molar-refractivity contribution in [3.63, 3.8) is 0 Å². The van der Waals surface area contributed by atoms with Gasteiger partial charge in [-0.05, 0) is 38.9 Å². The van der Waals surface area contributed by atoms with Gasteiger partial charge in [0.2, 0.25) is 0 Å². The van der Waals surface area contributed by atoms with Crippen LogP contribution in [-0.2, 0) is 9.53 Å². The molecule has 0 aromatic heterocycles. The summed E-state index contributed by atoms with van der Waals surface area (Å²) in [5.41, 5.74) is 0.719. The lowest BCUT2D eigenvalue weighted by atomic mass is 10.1. The van der Waals surface area contributed by atoms with E-state index in [-0.39, 0.29) is 16.8 Å². The highest BCUT2D eigenvalue weighted by atomic mass is 35.5. The van der Waals surface area contributed by atoms with Crippen molar-refractivity contribution in [2.24, 2.45) is 0 Å². The fourth-order valence-corrected chi connectivity index (χ4v) is 4.36. The van der Waals surface area contributed by atoms with Gasteiger partial charge in [0.15, 0.2) is 0 Å². The summed E-state index contributed by atoms with van der Waals surface area (Å²) >= 11 is 7.79. The molecule has 0 atom stereocenters. The number of carbonyl (C=O) groups is 2. The van der Waals surface area contributed by atoms with Gasteiger partial charge in [0.25, 0.3) is 11.8 Å². The van der Waals surface area contributed by atoms with Crippen LogP contribution in [0.2, 0.25) is 5.02 Å². The highest BCUT2D eigenvalue weighted by molar-refractivity contribution is 8.04. The van der Waals surface area contributed by atoms with Gasteiger partial charge in [-0.15, -0.1) is 11.8 Å². The maximum atomic E-state index is 12.6. The fourth-order valence-electron chi connectivity index (χ4n) is 3.33. The summed E-state index contributed by atoms with van der Waals surface area (Å²) in [5.74, 6) is 1.11. The van der Waals surface area contributed by atoms with E-state index in [1.807, 2.05) is 0 Å². The average Bonchev–Trinajstić information content (AvgIpc) is 3.22. The maximum absolute atomic E-state index is 12.6. The number of nitrogens with one attached hydrogen (secondary N) is 2. The third kappa shape index (κ3) is 5.58. The SMILES string of the molecule is COc1cc(NC(=O)C2=C(C)OCCS2)c(Cl)cc1C(=O)NCCN1CCCC1. The Hall–Kier alpha value is -1.90. The smallest absolute Gasteiger partial charge is 0.265 e. The van der Waals surface area contributed by atoms with E-state index in [0.717, 1.165) is 19.6 Å². The summed E-state index contributed by atoms with van der Waals surface area (Å²) in [4.78, 5) is 28.0. The van der Waals surface area contributed by atoms with E-state index in [0.29, 0.717) is 46.6 Å². The lowest BCUT2D eigenvalue weighted by Gasteiger charge is -2.19. The molecule has 0 spiro atoms. The molecule has 2 aliphatic rings. The molecule has 0 unspecified atom stereocenters. The first-order chi connectivity index (χ1) is 14.0. The van der Waals surface area contributed by atoms with Gasteiger partial charge in [-0.2, -0.15) is 0 Å². The average molecular weight is 440 g/mol. The summed E-state index contributed by atoms with van der Waals surface area (Å²) < 4.78 is 10.8. The van der Waals surface area contributed by atoms with Crippen LogP contribution in [0.15, 0.2) is 22.8 Å². The maximum Gasteiger partial charge on any atom is 0.265 e. The summed E-state index contributed by atoms with van der Waals surface area (Å²) in [6.07, 6.45) is 2.43. The Labute approximate surface area is 180 Å². The van der Waals surface area contributed by atoms with Crippen molar-refractivity contribution < 1.29 is 19.1 Å². The van der Waals surface area contributed by atoms with E-state index in [1.165, 1.54) is 37.8 Å². The number of allylic oxidation sites excluding steroid dienone is 1. The minimum Gasteiger partial charge on any atom is -0.496 e. The minimum atomic E-state index is -0.293. The van der Waals surface area contributed by atoms with Crippen LogP contribution in [0.3, 0.4) is 0 Å². The van der Waals surface area contributed by atoms with Crippen LogP contribution in [-0.4, -0.2) is 62.4 Å². The molecule has 158 valence electrons. The lowest BCUT2D eigenvalue weighted by Crippen LogP contribution is -2.33. The van der Waals surface area contributed by atoms with Gasteiger partial charge in [-0.3, -0.25) is 9.59 Å². The Morgan fingerprint density at radius 2 is 2.03 bits per heavy atom. The van der Waals surface area contributed by atoms with Crippen molar-refractivity contribution in [2.45, 2.75) is 19.8 Å². The molecule has 1 aromatic carbocycles. The highest BCUT2D eigenvalue weighted by Gasteiger charge is 2.22. The number of likely N-dealkylation sites (tertiary alicyclic amines) is 1. The van der Waals surface area contributed by atoms with E-state index >= 15 is 0 Å². The number of ether oxygens (including phenoxy) is 2. The van der Waals surface area contributed by atoms with Gasteiger partial charge in [-0.25, -0.2) is 0 Å². The van der Waals surface area contributed by atoms with Crippen LogP contribution in [0.5, 0.6) is 5.75 Å². The van der Waals surface area contributed by atoms with Crippen LogP contribution in [0.1, 0.15) is 30.1 Å². The van der Waals surface area contributed by atoms with Gasteiger partial charge < -0.3 is 25.0 Å². The number of benzene rings is 1. The number of nitrogens with zero attached hydrogens (tertiary/aromatic N) is 1. The summed E-state index contributed by atoms with van der Waals surface area (Å²) in [5, 5.41) is 5.96. The quantitative estimate of drug-likeness (QED) is 0.679. The van der Waals surface area contributed by atoms with E-state index in [1.54, 1.807) is 13.0 Å². The predicted molar refractivity (Wildman–Crippen MR) is 116 cm³/mol. The number of anilines is 1. The summed E-state index contributed by atoms with van der Waals surface area (Å²) in [6.45, 7) is 5.90. The predicted octanol–water partition coefficient (Wildman–Crippen LogP) is 3.11. The van der Waals surface area contributed by atoms with Crippen LogP contribution in [0.4, 0.5) is 5.69 Å². The molecule has 0 aliphatic carbocycles. The molecule has 9 heteroatoms. The molecule has 1 aromatic rings. The molecule has 2 N–H and O–H groups in total. The molecule has 1 fully saturated rings. The molecule has 0 bridgehead atoms. The van der Waals surface area contributed by atoms with E-state index in [2.05, 4.69) is 15.5 Å². The topological polar surface area (TPSA) is 79.9 Å². The Balaban J connectivity index is 1.68. The first kappa shape index (κ1) is 21.8. The second-order valence-corrected chi connectivity index (χ2v) is 8.39. The Kier molecular flexibility index (Phi) is 7.69. The van der Waals surface area contributed by atoms with Crippen LogP contribution >= 0.6 is 23.4 Å². The minimum absolute atomic E-state index is 0.254. The molecule has 0 radical (unpaired) electrons. The summed E-state index contributed by atoms with van der Waals surface area (Å²) in [7, 11) is 1.48. The number of hydrogen-bond donors (Lipinski definition) is 2. The highest BCUT2D eigenvalue weighted by Crippen LogP contribution is 2.33. The second kappa shape index (κ2) is 10.2. The Bertz CT molecular complexity index is 809. The molecule has 2 amide bonds. The van der Waals surface area contributed by atoms with E-state index in [4.69, 9.17) is 21.1 Å². The Morgan fingerprint density at radius 3 is 2.72 bits per heavy atom. The third-order valence-electron chi connectivity index (χ3n) is 4.87. The van der Waals surface area contributed by atoms with Crippen molar-refractivity contribution in [2.75, 3.05) is 51.0 Å². The number of rotatable bonds is 7. The molecule has 1 saturated heterocycles. The molecule has 3 rings (SSSR count). The number of thioether (sulfide) groups is 1. The van der Waals surface area contributed by atoms with Gasteiger partial charge in [-0.1, -0.05) is 11.6 Å². The first-order valence-corrected chi connectivity index (χ1v) is 11.0. The zero-order chi connectivity index (χ0) is 20.8. The molecule has 2 heterocycles. The largest absolute Gasteiger partial charge is 0.496 e. The van der Waals surface area contributed by atoms with Gasteiger partial charge in [0.1, 0.15) is 16.4 Å². The van der Waals surface area contributed by atoms with Crippen molar-refractivity contribution in [1.82, 2.24) is 10.2 Å². The number of halogens is 1. The monoisotopic (exact) mass is 439 g/mol. The van der Waals surface area contributed by atoms with E-state index < -0.39 is 0 Å². The Morgan fingerprint density at radius 1 is 1.28 bits per heavy atom. The first-order valence-electron chi connectivity index (χ1n) is 9.65. The van der Waals surface area contributed by atoms with Gasteiger partial charge >= 0.3 is 0 Å². The van der Waals surface area contributed by atoms with Gasteiger partial charge in [0.05, 0.1) is 30.0 Å². The normalized spacial score (nSPS) is 17.1. The molecular weight excluding hydrogens is 414 g/mol. The molecule has 0 saturated carbocycles. The molecule has 7 nitrogen and oxygen atoms in total. The lowest BCUT2D eigenvalue weighted by molar-refractivity contribution is -0.112. The van der Waals surface area contributed by atoms with E-state index in [9.17, 15) is 9.59 Å². The van der Waals surface area contributed by atoms with Crippen molar-refractivity contribution in [3.05, 3.63) is 33.4 Å². The van der Waals surface area contributed by atoms with Crippen LogP contribution in [0, 0.1) is 0 Å². The third-order valence-corrected chi connectivity index (χ3v) is 6.31. The summed E-state index contributed by atoms with van der Waals surface area (Å²) in [6, 6.07) is 3.09. The molecule has 29 heavy (non-hydrogen) atoms. The van der Waals surface area contributed by atoms with Crippen molar-refractivity contribution >= 4 is 40.9 Å². The second-order valence-electron chi connectivity index (χ2n) is 6.87. The van der Waals surface area contributed by atoms with Crippen LogP contribution < -0.4 is 15.4 Å². The number of carbonyl (C=O) groups excluding carboxylic acids is 2. The fraction of sp³-hybridized carbons (Fsp3) is 0.500. The van der Waals surface area contributed by atoms with Gasteiger partial charge in [0, 0.05) is 24.9 Å². The molecule has 2 aliphatic heterocycles. The number of methoxy groups -OCH3 is 1. The van der Waals surface area contributed by atoms with Crippen LogP contribution in [0.25, 0.3) is 0 Å². The van der Waals surface area contributed by atoms with Crippen molar-refractivity contribution in [3.8, 4) is 5.75 Å².